The first-order valence-corrected chi connectivity index (χ1v) is 8.91. The van der Waals surface area contributed by atoms with Crippen molar-refractivity contribution in [2.75, 3.05) is 18.1 Å². The van der Waals surface area contributed by atoms with E-state index in [9.17, 15) is 14.7 Å². The molecule has 6 heteroatoms. The van der Waals surface area contributed by atoms with E-state index in [1.54, 1.807) is 11.8 Å². The van der Waals surface area contributed by atoms with Crippen LogP contribution in [0.4, 0.5) is 0 Å². The van der Waals surface area contributed by atoms with E-state index in [0.29, 0.717) is 12.8 Å². The van der Waals surface area contributed by atoms with Gasteiger partial charge in [0.05, 0.1) is 13.0 Å². The van der Waals surface area contributed by atoms with Crippen LogP contribution in [0.1, 0.15) is 30.4 Å². The number of ether oxygens (including phenoxy) is 1. The summed E-state index contributed by atoms with van der Waals surface area (Å²) < 4.78 is 5.63. The number of hydrogen-bond acceptors (Lipinski definition) is 4. The lowest BCUT2D eigenvalue weighted by atomic mass is 9.92. The van der Waals surface area contributed by atoms with Crippen LogP contribution < -0.4 is 10.1 Å². The summed E-state index contributed by atoms with van der Waals surface area (Å²) in [6.45, 7) is 4.21. The summed E-state index contributed by atoms with van der Waals surface area (Å²) in [7, 11) is 0. The van der Waals surface area contributed by atoms with Gasteiger partial charge in [-0.15, -0.1) is 0 Å². The van der Waals surface area contributed by atoms with Gasteiger partial charge in [0.2, 0.25) is 5.91 Å². The number of nitrogens with one attached hydrogen (secondary N) is 1. The number of carbonyl (C=O) groups is 2. The fraction of sp³-hybridized carbons (Fsp3) is 0.529. The number of amides is 1. The third kappa shape index (κ3) is 4.64. The molecule has 23 heavy (non-hydrogen) atoms. The minimum absolute atomic E-state index is 0.148. The maximum Gasteiger partial charge on any atom is 0.329 e. The zero-order valence-electron chi connectivity index (χ0n) is 13.6. The van der Waals surface area contributed by atoms with Gasteiger partial charge in [0.25, 0.3) is 0 Å². The molecule has 0 aromatic heterocycles. The highest BCUT2D eigenvalue weighted by molar-refractivity contribution is 7.99. The van der Waals surface area contributed by atoms with Crippen molar-refractivity contribution in [1.29, 1.82) is 0 Å². The third-order valence-corrected chi connectivity index (χ3v) is 5.04. The number of hydrogen-bond donors (Lipinski definition) is 2. The average Bonchev–Trinajstić information content (AvgIpc) is 2.50. The number of thioether (sulfide) groups is 1. The van der Waals surface area contributed by atoms with Gasteiger partial charge >= 0.3 is 5.97 Å². The van der Waals surface area contributed by atoms with Crippen LogP contribution in [0.15, 0.2) is 18.2 Å². The zero-order valence-corrected chi connectivity index (χ0v) is 14.4. The summed E-state index contributed by atoms with van der Waals surface area (Å²) in [5.41, 5.74) is 1.07. The molecule has 5 nitrogen and oxygen atoms in total. The maximum atomic E-state index is 12.1. The van der Waals surface area contributed by atoms with Crippen LogP contribution in [0.3, 0.4) is 0 Å². The average molecular weight is 337 g/mol. The molecule has 1 aromatic rings. The van der Waals surface area contributed by atoms with Crippen molar-refractivity contribution in [2.45, 2.75) is 38.6 Å². The number of benzene rings is 1. The standard InChI is InChI=1S/C17H23NO4S/c1-12-3-4-14(13(2)11-12)22-8-5-15(19)18-17(16(20)21)6-9-23-10-7-17/h3-4,11H,5-10H2,1-2H3,(H,18,19)(H,20,21). The second kappa shape index (κ2) is 7.73. The molecule has 1 heterocycles. The molecular weight excluding hydrogens is 314 g/mol. The Labute approximate surface area is 140 Å². The molecule has 2 N–H and O–H groups in total. The van der Waals surface area contributed by atoms with Crippen molar-refractivity contribution >= 4 is 23.6 Å². The summed E-state index contributed by atoms with van der Waals surface area (Å²) in [6.07, 6.45) is 1.09. The largest absolute Gasteiger partial charge is 0.493 e. The number of carbonyl (C=O) groups excluding carboxylic acids is 1. The summed E-state index contributed by atoms with van der Waals surface area (Å²) in [5, 5.41) is 12.2. The van der Waals surface area contributed by atoms with Gasteiger partial charge in [0.15, 0.2) is 0 Å². The quantitative estimate of drug-likeness (QED) is 0.834. The Morgan fingerprint density at radius 3 is 2.61 bits per heavy atom. The highest BCUT2D eigenvalue weighted by atomic mass is 32.2. The number of rotatable bonds is 6. The van der Waals surface area contributed by atoms with Gasteiger partial charge in [0, 0.05) is 0 Å². The van der Waals surface area contributed by atoms with Crippen LogP contribution in [-0.2, 0) is 9.59 Å². The van der Waals surface area contributed by atoms with Crippen molar-refractivity contribution < 1.29 is 19.4 Å². The van der Waals surface area contributed by atoms with Crippen LogP contribution in [-0.4, -0.2) is 40.6 Å². The summed E-state index contributed by atoms with van der Waals surface area (Å²) in [5.74, 6) is 1.05. The van der Waals surface area contributed by atoms with E-state index in [1.807, 2.05) is 32.0 Å². The van der Waals surface area contributed by atoms with Gasteiger partial charge in [-0.3, -0.25) is 4.79 Å². The monoisotopic (exact) mass is 337 g/mol. The van der Waals surface area contributed by atoms with Crippen LogP contribution in [0, 0.1) is 13.8 Å². The lowest BCUT2D eigenvalue weighted by molar-refractivity contribution is -0.148. The Hall–Kier alpha value is -1.69. The Kier molecular flexibility index (Phi) is 5.93. The van der Waals surface area contributed by atoms with Crippen molar-refractivity contribution in [3.63, 3.8) is 0 Å². The molecule has 0 unspecified atom stereocenters. The van der Waals surface area contributed by atoms with Gasteiger partial charge in [-0.2, -0.15) is 11.8 Å². The van der Waals surface area contributed by atoms with Gasteiger partial charge < -0.3 is 15.2 Å². The first kappa shape index (κ1) is 17.7. The Morgan fingerprint density at radius 1 is 1.30 bits per heavy atom. The molecule has 126 valence electrons. The topological polar surface area (TPSA) is 75.6 Å². The normalized spacial score (nSPS) is 16.6. The van der Waals surface area contributed by atoms with Gasteiger partial charge in [-0.25, -0.2) is 4.79 Å². The molecule has 0 bridgehead atoms. The van der Waals surface area contributed by atoms with E-state index in [1.165, 1.54) is 0 Å². The van der Waals surface area contributed by atoms with E-state index >= 15 is 0 Å². The van der Waals surface area contributed by atoms with E-state index in [-0.39, 0.29) is 18.9 Å². The fourth-order valence-corrected chi connectivity index (χ4v) is 3.85. The van der Waals surface area contributed by atoms with Crippen LogP contribution in [0.5, 0.6) is 5.75 Å². The Morgan fingerprint density at radius 2 is 2.00 bits per heavy atom. The van der Waals surface area contributed by atoms with Crippen molar-refractivity contribution in [1.82, 2.24) is 5.32 Å². The second-order valence-corrected chi connectivity index (χ2v) is 7.14. The van der Waals surface area contributed by atoms with E-state index in [2.05, 4.69) is 5.32 Å². The molecule has 0 atom stereocenters. The number of aliphatic carboxylic acids is 1. The summed E-state index contributed by atoms with van der Waals surface area (Å²) in [6, 6.07) is 5.87. The highest BCUT2D eigenvalue weighted by Crippen LogP contribution is 2.27. The van der Waals surface area contributed by atoms with Crippen molar-refractivity contribution in [3.05, 3.63) is 29.3 Å². The van der Waals surface area contributed by atoms with Crippen LogP contribution in [0.25, 0.3) is 0 Å². The first-order chi connectivity index (χ1) is 10.9. The third-order valence-electron chi connectivity index (χ3n) is 4.05. The van der Waals surface area contributed by atoms with E-state index in [4.69, 9.17) is 4.74 Å². The molecule has 1 aliphatic rings. The molecule has 1 saturated heterocycles. The second-order valence-electron chi connectivity index (χ2n) is 5.92. The fourth-order valence-electron chi connectivity index (χ4n) is 2.66. The zero-order chi connectivity index (χ0) is 16.9. The molecule has 1 aromatic carbocycles. The predicted octanol–water partition coefficient (Wildman–Crippen LogP) is 2.54. The van der Waals surface area contributed by atoms with Crippen LogP contribution in [0.2, 0.25) is 0 Å². The lowest BCUT2D eigenvalue weighted by Crippen LogP contribution is -2.56. The minimum Gasteiger partial charge on any atom is -0.493 e. The molecular formula is C17H23NO4S. The molecule has 1 amide bonds. The maximum absolute atomic E-state index is 12.1. The molecule has 0 radical (unpaired) electrons. The van der Waals surface area contributed by atoms with Crippen molar-refractivity contribution in [2.24, 2.45) is 0 Å². The Balaban J connectivity index is 1.85. The number of carboxylic acid groups (broad SMARTS) is 1. The molecule has 1 aliphatic heterocycles. The predicted molar refractivity (Wildman–Crippen MR) is 91.1 cm³/mol. The summed E-state index contributed by atoms with van der Waals surface area (Å²) in [4.78, 5) is 23.6. The van der Waals surface area contributed by atoms with Gasteiger partial charge in [0.1, 0.15) is 11.3 Å². The van der Waals surface area contributed by atoms with Gasteiger partial charge in [-0.1, -0.05) is 17.7 Å². The van der Waals surface area contributed by atoms with Gasteiger partial charge in [-0.05, 0) is 49.8 Å². The van der Waals surface area contributed by atoms with Crippen molar-refractivity contribution in [3.8, 4) is 5.75 Å². The Bertz CT molecular complexity index is 582. The molecule has 0 aliphatic carbocycles. The molecule has 0 saturated carbocycles. The van der Waals surface area contributed by atoms with E-state index < -0.39 is 11.5 Å². The smallest absolute Gasteiger partial charge is 0.329 e. The number of carboxylic acids is 1. The van der Waals surface area contributed by atoms with Crippen LogP contribution >= 0.6 is 11.8 Å². The SMILES string of the molecule is Cc1ccc(OCCC(=O)NC2(C(=O)O)CCSCC2)c(C)c1. The molecule has 1 fully saturated rings. The lowest BCUT2D eigenvalue weighted by Gasteiger charge is -2.33. The highest BCUT2D eigenvalue weighted by Gasteiger charge is 2.41. The number of aryl methyl sites for hydroxylation is 2. The molecule has 0 spiro atoms. The first-order valence-electron chi connectivity index (χ1n) is 7.75. The minimum atomic E-state index is -1.11. The van der Waals surface area contributed by atoms with E-state index in [0.717, 1.165) is 28.4 Å². The molecule has 2 rings (SSSR count). The summed E-state index contributed by atoms with van der Waals surface area (Å²) >= 11 is 1.72.